The van der Waals surface area contributed by atoms with Crippen molar-refractivity contribution in [1.29, 1.82) is 0 Å². The first-order valence-corrected chi connectivity index (χ1v) is 10.2. The quantitative estimate of drug-likeness (QED) is 0.153. The molecule has 0 unspecified atom stereocenters. The van der Waals surface area contributed by atoms with Crippen molar-refractivity contribution in [1.82, 2.24) is 0 Å². The van der Waals surface area contributed by atoms with Gasteiger partial charge >= 0.3 is 109 Å². The van der Waals surface area contributed by atoms with E-state index in [1.165, 1.54) is 57.1 Å². The summed E-state index contributed by atoms with van der Waals surface area (Å²) in [6, 6.07) is 3.54. The molecule has 30 heavy (non-hydrogen) atoms. The Morgan fingerprint density at radius 2 is 1.20 bits per heavy atom. The molecule has 8 heteroatoms. The fourth-order valence-electron chi connectivity index (χ4n) is 3.12. The Kier molecular flexibility index (Phi) is 22.6. The SMILES string of the molecule is CCCCCCCCCCCCCOC(=O)c1cccc(C(=O)[O-])c1C(=O)[O-].[K+].[K+]. The number of aromatic carboxylic acids is 2. The molecule has 0 aliphatic heterocycles. The van der Waals surface area contributed by atoms with Crippen molar-refractivity contribution in [3.8, 4) is 0 Å². The number of unbranched alkanes of at least 4 members (excludes halogenated alkanes) is 10. The van der Waals surface area contributed by atoms with E-state index in [0.717, 1.165) is 25.3 Å². The molecule has 0 atom stereocenters. The molecule has 0 saturated carbocycles. The zero-order chi connectivity index (χ0) is 20.8. The van der Waals surface area contributed by atoms with Crippen LogP contribution in [0.15, 0.2) is 18.2 Å². The van der Waals surface area contributed by atoms with Crippen molar-refractivity contribution in [3.05, 3.63) is 34.9 Å². The minimum absolute atomic E-state index is 0. The number of carbonyl (C=O) groups is 3. The smallest absolute Gasteiger partial charge is 0.545 e. The van der Waals surface area contributed by atoms with Gasteiger partial charge in [0.25, 0.3) is 0 Å². The maximum Gasteiger partial charge on any atom is 1.00 e. The summed E-state index contributed by atoms with van der Waals surface area (Å²) in [7, 11) is 0. The van der Waals surface area contributed by atoms with Gasteiger partial charge in [-0.25, -0.2) is 4.79 Å². The van der Waals surface area contributed by atoms with Crippen molar-refractivity contribution in [2.75, 3.05) is 6.61 Å². The van der Waals surface area contributed by atoms with Crippen LogP contribution in [0, 0.1) is 0 Å². The van der Waals surface area contributed by atoms with E-state index in [4.69, 9.17) is 4.74 Å². The number of esters is 1. The second kappa shape index (κ2) is 20.5. The van der Waals surface area contributed by atoms with E-state index < -0.39 is 29.0 Å². The molecule has 0 aliphatic carbocycles. The molecule has 0 amide bonds. The second-order valence-electron chi connectivity index (χ2n) is 6.97. The van der Waals surface area contributed by atoms with E-state index in [9.17, 15) is 24.6 Å². The predicted octanol–water partition coefficient (Wildman–Crippen LogP) is -3.11. The van der Waals surface area contributed by atoms with E-state index >= 15 is 0 Å². The number of carbonyl (C=O) groups excluding carboxylic acids is 3. The third kappa shape index (κ3) is 13.5. The molecule has 1 aromatic carbocycles. The standard InChI is InChI=1S/C22H32O6.2K/c1-2-3-4-5-6-7-8-9-10-11-12-16-28-22(27)18-15-13-14-17(20(23)24)19(18)21(25)26;;/h13-15H,2-12,16H2,1H3,(H,23,24)(H,25,26);;/q;2*+1/p-2. The number of hydrogen-bond acceptors (Lipinski definition) is 6. The predicted molar refractivity (Wildman–Crippen MR) is 102 cm³/mol. The molecule has 0 radical (unpaired) electrons. The van der Waals surface area contributed by atoms with Crippen molar-refractivity contribution in [3.63, 3.8) is 0 Å². The first-order chi connectivity index (χ1) is 13.5. The zero-order valence-electron chi connectivity index (χ0n) is 18.7. The average Bonchev–Trinajstić information content (AvgIpc) is 2.67. The fourth-order valence-corrected chi connectivity index (χ4v) is 3.12. The normalized spacial score (nSPS) is 9.90. The summed E-state index contributed by atoms with van der Waals surface area (Å²) in [4.78, 5) is 34.3. The van der Waals surface area contributed by atoms with Crippen molar-refractivity contribution in [2.45, 2.75) is 77.6 Å². The van der Waals surface area contributed by atoms with Gasteiger partial charge in [-0.2, -0.15) is 0 Å². The van der Waals surface area contributed by atoms with Crippen LogP contribution < -0.4 is 113 Å². The van der Waals surface area contributed by atoms with Crippen LogP contribution in [-0.2, 0) is 4.74 Å². The number of hydrogen-bond donors (Lipinski definition) is 0. The monoisotopic (exact) mass is 468 g/mol. The van der Waals surface area contributed by atoms with Gasteiger partial charge in [-0.1, -0.05) is 83.3 Å². The largest absolute Gasteiger partial charge is 1.00 e. The van der Waals surface area contributed by atoms with Gasteiger partial charge in [0.15, 0.2) is 0 Å². The van der Waals surface area contributed by atoms with Gasteiger partial charge in [0.1, 0.15) is 0 Å². The van der Waals surface area contributed by atoms with Gasteiger partial charge < -0.3 is 24.5 Å². The molecule has 0 fully saturated rings. The van der Waals surface area contributed by atoms with E-state index in [0.29, 0.717) is 6.42 Å². The molecule has 1 rings (SSSR count). The maximum absolute atomic E-state index is 12.1. The third-order valence-electron chi connectivity index (χ3n) is 4.69. The average molecular weight is 469 g/mol. The van der Waals surface area contributed by atoms with Crippen LogP contribution in [0.3, 0.4) is 0 Å². The van der Waals surface area contributed by atoms with E-state index in [2.05, 4.69) is 6.92 Å². The van der Waals surface area contributed by atoms with E-state index in [-0.39, 0.29) is 115 Å². The molecule has 0 bridgehead atoms. The Morgan fingerprint density at radius 1 is 0.733 bits per heavy atom. The summed E-state index contributed by atoms with van der Waals surface area (Å²) < 4.78 is 5.09. The Labute approximate surface area is 264 Å². The Hall–Kier alpha value is 0.903. The number of rotatable bonds is 15. The van der Waals surface area contributed by atoms with Crippen molar-refractivity contribution in [2.24, 2.45) is 0 Å². The van der Waals surface area contributed by atoms with Crippen LogP contribution in [-0.4, -0.2) is 24.5 Å². The van der Waals surface area contributed by atoms with Crippen LogP contribution in [0.2, 0.25) is 0 Å². The molecular formula is C22H30K2O6. The van der Waals surface area contributed by atoms with Gasteiger partial charge in [-0.05, 0) is 12.5 Å². The Balaban J connectivity index is 0. The van der Waals surface area contributed by atoms with Crippen molar-refractivity contribution >= 4 is 17.9 Å². The summed E-state index contributed by atoms with van der Waals surface area (Å²) in [5.41, 5.74) is -1.62. The topological polar surface area (TPSA) is 107 Å². The molecule has 0 spiro atoms. The summed E-state index contributed by atoms with van der Waals surface area (Å²) in [6.45, 7) is 2.38. The molecule has 0 heterocycles. The zero-order valence-corrected chi connectivity index (χ0v) is 24.9. The summed E-state index contributed by atoms with van der Waals surface area (Å²) in [5, 5.41) is 22.2. The second-order valence-corrected chi connectivity index (χ2v) is 6.97. The van der Waals surface area contributed by atoms with Crippen LogP contribution >= 0.6 is 0 Å². The van der Waals surface area contributed by atoms with Crippen LogP contribution in [0.1, 0.15) is 109 Å². The molecule has 0 aromatic heterocycles. The van der Waals surface area contributed by atoms with Gasteiger partial charge in [-0.3, -0.25) is 0 Å². The first-order valence-electron chi connectivity index (χ1n) is 10.2. The number of ether oxygens (including phenoxy) is 1. The molecule has 0 N–H and O–H groups in total. The minimum atomic E-state index is -1.75. The van der Waals surface area contributed by atoms with Gasteiger partial charge in [0, 0.05) is 11.1 Å². The van der Waals surface area contributed by atoms with Gasteiger partial charge in [-0.15, -0.1) is 0 Å². The molecular weight excluding hydrogens is 438 g/mol. The Morgan fingerprint density at radius 3 is 1.67 bits per heavy atom. The molecule has 1 aromatic rings. The summed E-state index contributed by atoms with van der Waals surface area (Å²) >= 11 is 0. The first kappa shape index (κ1) is 33.1. The molecule has 6 nitrogen and oxygen atoms in total. The number of carboxylic acids is 2. The third-order valence-corrected chi connectivity index (χ3v) is 4.69. The van der Waals surface area contributed by atoms with Crippen molar-refractivity contribution < 1.29 is 132 Å². The number of carboxylic acid groups (broad SMARTS) is 2. The summed E-state index contributed by atoms with van der Waals surface area (Å²) in [5.74, 6) is -4.30. The number of benzene rings is 1. The van der Waals surface area contributed by atoms with Gasteiger partial charge in [0.05, 0.1) is 24.1 Å². The molecule has 0 saturated heterocycles. The van der Waals surface area contributed by atoms with Gasteiger partial charge in [0.2, 0.25) is 0 Å². The fraction of sp³-hybridized carbons (Fsp3) is 0.591. The van der Waals surface area contributed by atoms with Crippen LogP contribution in [0.4, 0.5) is 0 Å². The van der Waals surface area contributed by atoms with E-state index in [1.807, 2.05) is 0 Å². The minimum Gasteiger partial charge on any atom is -0.545 e. The molecule has 156 valence electrons. The van der Waals surface area contributed by atoms with E-state index in [1.54, 1.807) is 0 Å². The van der Waals surface area contributed by atoms with Crippen LogP contribution in [0.25, 0.3) is 0 Å². The molecule has 0 aliphatic rings. The Bertz CT molecular complexity index is 649. The summed E-state index contributed by atoms with van der Waals surface area (Å²) in [6.07, 6.45) is 12.8. The van der Waals surface area contributed by atoms with Crippen LogP contribution in [0.5, 0.6) is 0 Å². The maximum atomic E-state index is 12.1.